The van der Waals surface area contributed by atoms with E-state index in [1.807, 2.05) is 61.5 Å². The van der Waals surface area contributed by atoms with Crippen molar-refractivity contribution in [1.29, 1.82) is 0 Å². The van der Waals surface area contributed by atoms with Crippen molar-refractivity contribution in [3.05, 3.63) is 60.2 Å². The normalized spacial score (nSPS) is 18.4. The van der Waals surface area contributed by atoms with Crippen LogP contribution < -0.4 is 10.1 Å². The number of para-hydroxylation sites is 2. The number of carbonyl (C=O) groups excluding carboxylic acids is 1. The summed E-state index contributed by atoms with van der Waals surface area (Å²) in [5.41, 5.74) is 1.77. The van der Waals surface area contributed by atoms with Gasteiger partial charge in [-0.2, -0.15) is 0 Å². The van der Waals surface area contributed by atoms with Crippen LogP contribution in [0.4, 0.5) is 5.69 Å². The van der Waals surface area contributed by atoms with Crippen molar-refractivity contribution < 1.29 is 14.3 Å². The number of nitrogens with one attached hydrogen (secondary N) is 1. The summed E-state index contributed by atoms with van der Waals surface area (Å²) >= 11 is 0. The Hall–Kier alpha value is -2.33. The predicted molar refractivity (Wildman–Crippen MR) is 89.5 cm³/mol. The molecule has 4 nitrogen and oxygen atoms in total. The van der Waals surface area contributed by atoms with Crippen molar-refractivity contribution in [2.75, 3.05) is 11.9 Å². The third-order valence-corrected chi connectivity index (χ3v) is 3.94. The maximum atomic E-state index is 12.2. The summed E-state index contributed by atoms with van der Waals surface area (Å²) < 4.78 is 11.5. The highest BCUT2D eigenvalue weighted by Crippen LogP contribution is 2.29. The van der Waals surface area contributed by atoms with Crippen LogP contribution in [0.25, 0.3) is 0 Å². The molecule has 2 aromatic carbocycles. The highest BCUT2D eigenvalue weighted by atomic mass is 16.5. The van der Waals surface area contributed by atoms with Crippen molar-refractivity contribution in [2.24, 2.45) is 0 Å². The molecule has 1 saturated heterocycles. The van der Waals surface area contributed by atoms with E-state index in [4.69, 9.17) is 9.47 Å². The molecule has 0 aliphatic carbocycles. The molecule has 0 radical (unpaired) electrons. The first-order valence-corrected chi connectivity index (χ1v) is 7.97. The van der Waals surface area contributed by atoms with E-state index in [0.29, 0.717) is 18.0 Å². The number of benzene rings is 2. The van der Waals surface area contributed by atoms with Crippen molar-refractivity contribution in [2.45, 2.75) is 32.0 Å². The molecule has 120 valence electrons. The van der Waals surface area contributed by atoms with Gasteiger partial charge in [0.25, 0.3) is 5.91 Å². The zero-order valence-corrected chi connectivity index (χ0v) is 13.2. The van der Waals surface area contributed by atoms with E-state index in [1.165, 1.54) is 0 Å². The fourth-order valence-electron chi connectivity index (χ4n) is 2.65. The Balaban J connectivity index is 1.71. The molecule has 2 atom stereocenters. The summed E-state index contributed by atoms with van der Waals surface area (Å²) in [5, 5.41) is 2.92. The molecule has 1 aliphatic rings. The standard InChI is InChI=1S/C19H21NO3/c1-14(15-8-3-2-4-9-15)23-17-11-6-5-10-16(17)20-19(21)18-12-7-13-22-18/h2-6,8-11,14,18H,7,12-13H2,1H3,(H,20,21)/t14-,18+/m0/s1. The van der Waals surface area contributed by atoms with Gasteiger partial charge in [-0.25, -0.2) is 0 Å². The highest BCUT2D eigenvalue weighted by molar-refractivity contribution is 5.95. The molecule has 0 unspecified atom stereocenters. The first-order chi connectivity index (χ1) is 11.2. The number of hydrogen-bond donors (Lipinski definition) is 1. The third-order valence-electron chi connectivity index (χ3n) is 3.94. The second kappa shape index (κ2) is 7.29. The molecule has 0 bridgehead atoms. The van der Waals surface area contributed by atoms with Crippen molar-refractivity contribution >= 4 is 11.6 Å². The molecule has 2 aromatic rings. The predicted octanol–water partition coefficient (Wildman–Crippen LogP) is 3.94. The summed E-state index contributed by atoms with van der Waals surface area (Å²) in [5.74, 6) is 0.557. The fourth-order valence-corrected chi connectivity index (χ4v) is 2.65. The molecule has 1 amide bonds. The molecule has 0 aromatic heterocycles. The van der Waals surface area contributed by atoms with Gasteiger partial charge in [-0.15, -0.1) is 0 Å². The quantitative estimate of drug-likeness (QED) is 0.909. The average Bonchev–Trinajstić information content (AvgIpc) is 3.12. The highest BCUT2D eigenvalue weighted by Gasteiger charge is 2.24. The summed E-state index contributed by atoms with van der Waals surface area (Å²) in [6, 6.07) is 17.5. The number of anilines is 1. The van der Waals surface area contributed by atoms with Crippen LogP contribution in [0.1, 0.15) is 31.4 Å². The molecule has 1 aliphatic heterocycles. The van der Waals surface area contributed by atoms with Crippen molar-refractivity contribution in [1.82, 2.24) is 0 Å². The monoisotopic (exact) mass is 311 g/mol. The van der Waals surface area contributed by atoms with E-state index in [0.717, 1.165) is 18.4 Å². The van der Waals surface area contributed by atoms with E-state index < -0.39 is 0 Å². The maximum absolute atomic E-state index is 12.2. The zero-order chi connectivity index (χ0) is 16.1. The van der Waals surface area contributed by atoms with Crippen LogP contribution in [-0.4, -0.2) is 18.6 Å². The fraction of sp³-hybridized carbons (Fsp3) is 0.316. The summed E-state index contributed by atoms with van der Waals surface area (Å²) in [6.45, 7) is 2.65. The number of amides is 1. The van der Waals surface area contributed by atoms with Gasteiger partial charge >= 0.3 is 0 Å². The zero-order valence-electron chi connectivity index (χ0n) is 13.2. The van der Waals surface area contributed by atoms with E-state index in [-0.39, 0.29) is 18.1 Å². The smallest absolute Gasteiger partial charge is 0.253 e. The van der Waals surface area contributed by atoms with E-state index in [1.54, 1.807) is 0 Å². The van der Waals surface area contributed by atoms with Gasteiger partial charge in [0.1, 0.15) is 18.0 Å². The molecular formula is C19H21NO3. The number of ether oxygens (including phenoxy) is 2. The lowest BCUT2D eigenvalue weighted by atomic mass is 10.1. The van der Waals surface area contributed by atoms with E-state index >= 15 is 0 Å². The van der Waals surface area contributed by atoms with Crippen LogP contribution in [-0.2, 0) is 9.53 Å². The van der Waals surface area contributed by atoms with Gasteiger partial charge in [-0.3, -0.25) is 4.79 Å². The lowest BCUT2D eigenvalue weighted by Gasteiger charge is -2.19. The van der Waals surface area contributed by atoms with E-state index in [9.17, 15) is 4.79 Å². The first-order valence-electron chi connectivity index (χ1n) is 7.97. The van der Waals surface area contributed by atoms with Gasteiger partial charge in [0, 0.05) is 6.61 Å². The molecule has 23 heavy (non-hydrogen) atoms. The molecular weight excluding hydrogens is 290 g/mol. The summed E-state index contributed by atoms with van der Waals surface area (Å²) in [6.07, 6.45) is 1.25. The summed E-state index contributed by atoms with van der Waals surface area (Å²) in [4.78, 5) is 12.2. The van der Waals surface area contributed by atoms with Gasteiger partial charge < -0.3 is 14.8 Å². The molecule has 4 heteroatoms. The van der Waals surface area contributed by atoms with Gasteiger partial charge in [0.2, 0.25) is 0 Å². The second-order valence-corrected chi connectivity index (χ2v) is 5.66. The van der Waals surface area contributed by atoms with Gasteiger partial charge in [0.05, 0.1) is 5.69 Å². The number of carbonyl (C=O) groups is 1. The molecule has 1 heterocycles. The SMILES string of the molecule is C[C@H](Oc1ccccc1NC(=O)[C@H]1CCCO1)c1ccccc1. The van der Waals surface area contributed by atoms with Crippen molar-refractivity contribution in [3.63, 3.8) is 0 Å². The van der Waals surface area contributed by atoms with Crippen LogP contribution in [0.3, 0.4) is 0 Å². The molecule has 1 N–H and O–H groups in total. The van der Waals surface area contributed by atoms with Gasteiger partial charge in [-0.1, -0.05) is 42.5 Å². The Labute approximate surface area is 136 Å². The minimum absolute atomic E-state index is 0.100. The maximum Gasteiger partial charge on any atom is 0.253 e. The number of hydrogen-bond acceptors (Lipinski definition) is 3. The topological polar surface area (TPSA) is 47.6 Å². The Morgan fingerprint density at radius 2 is 1.91 bits per heavy atom. The Morgan fingerprint density at radius 3 is 2.65 bits per heavy atom. The molecule has 0 spiro atoms. The average molecular weight is 311 g/mol. The van der Waals surface area contributed by atoms with Gasteiger partial charge in [-0.05, 0) is 37.5 Å². The van der Waals surface area contributed by atoms with Crippen LogP contribution in [0, 0.1) is 0 Å². The first kappa shape index (κ1) is 15.6. The Bertz CT molecular complexity index is 651. The molecule has 0 saturated carbocycles. The number of rotatable bonds is 5. The lowest BCUT2D eigenvalue weighted by Crippen LogP contribution is -2.27. The van der Waals surface area contributed by atoms with Crippen LogP contribution >= 0.6 is 0 Å². The lowest BCUT2D eigenvalue weighted by molar-refractivity contribution is -0.124. The minimum Gasteiger partial charge on any atom is -0.484 e. The van der Waals surface area contributed by atoms with Crippen LogP contribution in [0.5, 0.6) is 5.75 Å². The van der Waals surface area contributed by atoms with Crippen LogP contribution in [0.15, 0.2) is 54.6 Å². The molecule has 1 fully saturated rings. The minimum atomic E-state index is -0.352. The Kier molecular flexibility index (Phi) is 4.93. The third kappa shape index (κ3) is 3.90. The largest absolute Gasteiger partial charge is 0.484 e. The Morgan fingerprint density at radius 1 is 1.17 bits per heavy atom. The van der Waals surface area contributed by atoms with Crippen LogP contribution in [0.2, 0.25) is 0 Å². The second-order valence-electron chi connectivity index (χ2n) is 5.66. The summed E-state index contributed by atoms with van der Waals surface area (Å²) in [7, 11) is 0. The molecule has 3 rings (SSSR count). The van der Waals surface area contributed by atoms with Crippen molar-refractivity contribution in [3.8, 4) is 5.75 Å². The van der Waals surface area contributed by atoms with E-state index in [2.05, 4.69) is 5.32 Å². The van der Waals surface area contributed by atoms with Gasteiger partial charge in [0.15, 0.2) is 0 Å².